The van der Waals surface area contributed by atoms with E-state index in [0.717, 1.165) is 0 Å². The van der Waals surface area contributed by atoms with Gasteiger partial charge in [-0.05, 0) is 48.8 Å². The maximum atomic E-state index is 12.9. The highest BCUT2D eigenvalue weighted by Crippen LogP contribution is 2.24. The summed E-state index contributed by atoms with van der Waals surface area (Å²) in [5, 5.41) is 0. The van der Waals surface area contributed by atoms with Crippen molar-refractivity contribution in [2.45, 2.75) is 25.2 Å². The van der Waals surface area contributed by atoms with Crippen molar-refractivity contribution in [2.75, 3.05) is 51.5 Å². The van der Waals surface area contributed by atoms with E-state index >= 15 is 0 Å². The smallest absolute Gasteiger partial charge is 0.246 e. The summed E-state index contributed by atoms with van der Waals surface area (Å²) in [5.74, 6) is 0.0674. The van der Waals surface area contributed by atoms with Gasteiger partial charge < -0.3 is 10.6 Å². The van der Waals surface area contributed by atoms with Gasteiger partial charge in [-0.25, -0.2) is 13.4 Å². The van der Waals surface area contributed by atoms with E-state index < -0.39 is 10.0 Å². The molecule has 146 valence electrons. The van der Waals surface area contributed by atoms with Gasteiger partial charge in [0.2, 0.25) is 15.9 Å². The number of rotatable bonds is 6. The lowest BCUT2D eigenvalue weighted by molar-refractivity contribution is -0.132. The van der Waals surface area contributed by atoms with Gasteiger partial charge in [-0.1, -0.05) is 0 Å². The van der Waals surface area contributed by atoms with Gasteiger partial charge in [0.1, 0.15) is 10.7 Å². The van der Waals surface area contributed by atoms with Gasteiger partial charge in [0.05, 0.1) is 6.54 Å². The lowest BCUT2D eigenvalue weighted by Crippen LogP contribution is -2.42. The molecule has 0 aromatic carbocycles. The molecule has 0 aliphatic carbocycles. The van der Waals surface area contributed by atoms with E-state index in [4.69, 9.17) is 5.73 Å². The molecule has 26 heavy (non-hydrogen) atoms. The average Bonchev–Trinajstić information content (AvgIpc) is 2.84. The number of sulfonamides is 1. The van der Waals surface area contributed by atoms with E-state index in [-0.39, 0.29) is 16.6 Å². The van der Waals surface area contributed by atoms with E-state index in [1.54, 1.807) is 4.90 Å². The zero-order chi connectivity index (χ0) is 19.3. The Morgan fingerprint density at radius 2 is 1.96 bits per heavy atom. The summed E-state index contributed by atoms with van der Waals surface area (Å²) < 4.78 is 27.9. The molecule has 1 fully saturated rings. The Labute approximate surface area is 163 Å². The molecule has 0 saturated carbocycles. The Kier molecular flexibility index (Phi) is 7.39. The van der Waals surface area contributed by atoms with Crippen molar-refractivity contribution < 1.29 is 13.2 Å². The van der Waals surface area contributed by atoms with Crippen molar-refractivity contribution in [3.8, 4) is 0 Å². The summed E-state index contributed by atoms with van der Waals surface area (Å²) in [6.45, 7) is 7.49. The SMILES string of the molecule is CCN(CC)C(=O)CN1CCCN(S(=O)(=O)c2cc(Br)cnc2N)CC1. The van der Waals surface area contributed by atoms with E-state index in [2.05, 4.69) is 20.9 Å². The first kappa shape index (κ1) is 21.1. The number of pyridine rings is 1. The summed E-state index contributed by atoms with van der Waals surface area (Å²) in [4.78, 5) is 20.0. The van der Waals surface area contributed by atoms with E-state index in [9.17, 15) is 13.2 Å². The molecule has 1 aromatic rings. The number of hydrogen-bond acceptors (Lipinski definition) is 6. The van der Waals surface area contributed by atoms with Crippen LogP contribution in [0.3, 0.4) is 0 Å². The molecule has 10 heteroatoms. The summed E-state index contributed by atoms with van der Waals surface area (Å²) in [7, 11) is -3.72. The molecule has 1 amide bonds. The van der Waals surface area contributed by atoms with Crippen LogP contribution >= 0.6 is 15.9 Å². The zero-order valence-electron chi connectivity index (χ0n) is 15.2. The quantitative estimate of drug-likeness (QED) is 0.697. The molecular weight excluding hydrogens is 422 g/mol. The van der Waals surface area contributed by atoms with Crippen LogP contribution in [0.15, 0.2) is 21.6 Å². The monoisotopic (exact) mass is 447 g/mol. The minimum atomic E-state index is -3.72. The minimum Gasteiger partial charge on any atom is -0.383 e. The predicted molar refractivity (Wildman–Crippen MR) is 104 cm³/mol. The molecule has 0 unspecified atom stereocenters. The number of amides is 1. The summed E-state index contributed by atoms with van der Waals surface area (Å²) in [6, 6.07) is 1.48. The topological polar surface area (TPSA) is 99.8 Å². The van der Waals surface area contributed by atoms with Crippen molar-refractivity contribution in [3.05, 3.63) is 16.7 Å². The number of carbonyl (C=O) groups excluding carboxylic acids is 1. The van der Waals surface area contributed by atoms with Gasteiger partial charge >= 0.3 is 0 Å². The fourth-order valence-corrected chi connectivity index (χ4v) is 5.04. The standard InChI is InChI=1S/C16H26BrN5O3S/c1-3-21(4-2)15(23)12-20-6-5-7-22(9-8-20)26(24,25)14-10-13(17)11-19-16(14)18/h10-11H,3-9,12H2,1-2H3,(H2,18,19). The second kappa shape index (κ2) is 9.12. The molecule has 1 aliphatic rings. The Bertz CT molecular complexity index is 739. The first-order chi connectivity index (χ1) is 12.3. The first-order valence-electron chi connectivity index (χ1n) is 8.70. The fourth-order valence-electron chi connectivity index (χ4n) is 2.99. The zero-order valence-corrected chi connectivity index (χ0v) is 17.6. The van der Waals surface area contributed by atoms with Crippen LogP contribution in [0.25, 0.3) is 0 Å². The number of hydrogen-bond donors (Lipinski definition) is 1. The van der Waals surface area contributed by atoms with Crippen molar-refractivity contribution in [1.29, 1.82) is 0 Å². The minimum absolute atomic E-state index is 0.00832. The number of aromatic nitrogens is 1. The molecular formula is C16H26BrN5O3S. The molecule has 2 heterocycles. The van der Waals surface area contributed by atoms with Gasteiger partial charge in [-0.3, -0.25) is 9.69 Å². The number of halogens is 1. The lowest BCUT2D eigenvalue weighted by atomic mass is 10.3. The van der Waals surface area contributed by atoms with E-state index in [0.29, 0.717) is 56.7 Å². The van der Waals surface area contributed by atoms with Gasteiger partial charge in [0.15, 0.2) is 0 Å². The Hall–Kier alpha value is -1.23. The molecule has 2 rings (SSSR count). The van der Waals surface area contributed by atoms with Crippen molar-refractivity contribution >= 4 is 37.7 Å². The third-order valence-electron chi connectivity index (χ3n) is 4.49. The normalized spacial score (nSPS) is 17.0. The van der Waals surface area contributed by atoms with E-state index in [1.807, 2.05) is 18.7 Å². The maximum Gasteiger partial charge on any atom is 0.246 e. The molecule has 0 bridgehead atoms. The highest BCUT2D eigenvalue weighted by atomic mass is 79.9. The van der Waals surface area contributed by atoms with Crippen LogP contribution in [0.5, 0.6) is 0 Å². The third kappa shape index (κ3) is 4.93. The molecule has 1 aliphatic heterocycles. The van der Waals surface area contributed by atoms with Crippen LogP contribution in [0.1, 0.15) is 20.3 Å². The molecule has 1 saturated heterocycles. The number of nitrogens with zero attached hydrogens (tertiary/aromatic N) is 4. The summed E-state index contributed by atoms with van der Waals surface area (Å²) >= 11 is 3.24. The third-order valence-corrected chi connectivity index (χ3v) is 6.85. The van der Waals surface area contributed by atoms with Crippen molar-refractivity contribution in [2.24, 2.45) is 0 Å². The van der Waals surface area contributed by atoms with Gasteiger partial charge in [-0.15, -0.1) is 0 Å². The number of carbonyl (C=O) groups is 1. The van der Waals surface area contributed by atoms with Crippen LogP contribution < -0.4 is 5.73 Å². The van der Waals surface area contributed by atoms with Crippen molar-refractivity contribution in [3.63, 3.8) is 0 Å². The highest BCUT2D eigenvalue weighted by molar-refractivity contribution is 9.10. The fraction of sp³-hybridized carbons (Fsp3) is 0.625. The molecule has 0 atom stereocenters. The van der Waals surface area contributed by atoms with Crippen molar-refractivity contribution in [1.82, 2.24) is 19.1 Å². The Balaban J connectivity index is 2.08. The Morgan fingerprint density at radius 1 is 1.27 bits per heavy atom. The average molecular weight is 448 g/mol. The molecule has 0 radical (unpaired) electrons. The van der Waals surface area contributed by atoms with Crippen LogP contribution in [-0.2, 0) is 14.8 Å². The van der Waals surface area contributed by atoms with Gasteiger partial charge in [0, 0.05) is 43.4 Å². The van der Waals surface area contributed by atoms with E-state index in [1.165, 1.54) is 16.6 Å². The summed E-state index contributed by atoms with van der Waals surface area (Å²) in [5.41, 5.74) is 5.78. The maximum absolute atomic E-state index is 12.9. The second-order valence-corrected chi connectivity index (χ2v) is 8.96. The number of anilines is 1. The predicted octanol–water partition coefficient (Wildman–Crippen LogP) is 0.991. The second-order valence-electron chi connectivity index (χ2n) is 6.14. The van der Waals surface area contributed by atoms with Crippen LogP contribution in [-0.4, -0.2) is 79.2 Å². The van der Waals surface area contributed by atoms with Gasteiger partial charge in [0.25, 0.3) is 0 Å². The van der Waals surface area contributed by atoms with Crippen LogP contribution in [0, 0.1) is 0 Å². The highest BCUT2D eigenvalue weighted by Gasteiger charge is 2.30. The molecule has 1 aromatic heterocycles. The number of nitrogens with two attached hydrogens (primary N) is 1. The molecule has 0 spiro atoms. The largest absolute Gasteiger partial charge is 0.383 e. The number of likely N-dealkylation sites (N-methyl/N-ethyl adjacent to an activating group) is 1. The molecule has 8 nitrogen and oxygen atoms in total. The van der Waals surface area contributed by atoms with Crippen LogP contribution in [0.2, 0.25) is 0 Å². The van der Waals surface area contributed by atoms with Gasteiger partial charge in [-0.2, -0.15) is 4.31 Å². The number of nitrogen functional groups attached to an aromatic ring is 1. The first-order valence-corrected chi connectivity index (χ1v) is 10.9. The Morgan fingerprint density at radius 3 is 2.62 bits per heavy atom. The van der Waals surface area contributed by atoms with Crippen LogP contribution in [0.4, 0.5) is 5.82 Å². The molecule has 2 N–H and O–H groups in total. The summed E-state index contributed by atoms with van der Waals surface area (Å²) in [6.07, 6.45) is 2.13. The lowest BCUT2D eigenvalue weighted by Gasteiger charge is -2.25.